The molecule has 1 unspecified atom stereocenters. The first-order chi connectivity index (χ1) is 7.50. The fraction of sp³-hybridized carbons (Fsp3) is 0.667. The third-order valence-corrected chi connectivity index (χ3v) is 3.95. The fourth-order valence-corrected chi connectivity index (χ4v) is 2.60. The zero-order valence-corrected chi connectivity index (χ0v) is 11.0. The van der Waals surface area contributed by atoms with Crippen LogP contribution in [0.2, 0.25) is 0 Å². The molecule has 1 aromatic rings. The molecule has 0 radical (unpaired) electrons. The van der Waals surface area contributed by atoms with Crippen molar-refractivity contribution in [1.29, 1.82) is 0 Å². The highest BCUT2D eigenvalue weighted by Gasteiger charge is 2.29. The van der Waals surface area contributed by atoms with Gasteiger partial charge in [0.2, 0.25) is 0 Å². The first kappa shape index (κ1) is 11.6. The minimum Gasteiger partial charge on any atom is -0.261 e. The number of aromatic nitrogens is 1. The summed E-state index contributed by atoms with van der Waals surface area (Å²) in [5.74, 6) is 0.814. The van der Waals surface area contributed by atoms with E-state index in [2.05, 4.69) is 44.9 Å². The molecule has 0 saturated carbocycles. The van der Waals surface area contributed by atoms with Crippen LogP contribution in [-0.2, 0) is 19.3 Å². The van der Waals surface area contributed by atoms with Crippen molar-refractivity contribution in [3.63, 3.8) is 0 Å². The van der Waals surface area contributed by atoms with Gasteiger partial charge in [0.1, 0.15) is 0 Å². The standard InChI is InChI=1S/C15H23N/c1-5-11-8-12-9-13(15(2,3)4)6-7-14(12)16-10-11/h8,10,13H,5-7,9H2,1-4H3. The normalized spacial score (nSPS) is 20.6. The molecule has 0 aromatic carbocycles. The van der Waals surface area contributed by atoms with Gasteiger partial charge in [-0.25, -0.2) is 0 Å². The summed E-state index contributed by atoms with van der Waals surface area (Å²) < 4.78 is 0. The smallest absolute Gasteiger partial charge is 0.0435 e. The Hall–Kier alpha value is -0.850. The van der Waals surface area contributed by atoms with Crippen LogP contribution in [0.1, 0.15) is 50.9 Å². The Labute approximate surface area is 99.3 Å². The molecule has 1 nitrogen and oxygen atoms in total. The Morgan fingerprint density at radius 1 is 1.38 bits per heavy atom. The lowest BCUT2D eigenvalue weighted by Gasteiger charge is -2.34. The Morgan fingerprint density at radius 2 is 2.12 bits per heavy atom. The first-order valence-corrected chi connectivity index (χ1v) is 6.47. The van der Waals surface area contributed by atoms with Crippen LogP contribution < -0.4 is 0 Å². The molecule has 1 heterocycles. The summed E-state index contributed by atoms with van der Waals surface area (Å²) in [5, 5.41) is 0. The van der Waals surface area contributed by atoms with Crippen molar-refractivity contribution in [2.24, 2.45) is 11.3 Å². The zero-order chi connectivity index (χ0) is 11.8. The predicted molar refractivity (Wildman–Crippen MR) is 68.6 cm³/mol. The molecule has 0 fully saturated rings. The van der Waals surface area contributed by atoms with Gasteiger partial charge >= 0.3 is 0 Å². The molecule has 88 valence electrons. The van der Waals surface area contributed by atoms with Crippen LogP contribution >= 0.6 is 0 Å². The van der Waals surface area contributed by atoms with Crippen LogP contribution in [0, 0.1) is 11.3 Å². The van der Waals surface area contributed by atoms with Crippen LogP contribution in [0.5, 0.6) is 0 Å². The lowest BCUT2D eigenvalue weighted by atomic mass is 9.71. The van der Waals surface area contributed by atoms with Gasteiger partial charge in [-0.05, 0) is 48.1 Å². The summed E-state index contributed by atoms with van der Waals surface area (Å²) in [7, 11) is 0. The second-order valence-corrected chi connectivity index (χ2v) is 6.11. The number of nitrogens with zero attached hydrogens (tertiary/aromatic N) is 1. The number of hydrogen-bond donors (Lipinski definition) is 0. The Kier molecular flexibility index (Phi) is 3.05. The van der Waals surface area contributed by atoms with Crippen molar-refractivity contribution < 1.29 is 0 Å². The molecule has 1 aliphatic rings. The van der Waals surface area contributed by atoms with Crippen molar-refractivity contribution >= 4 is 0 Å². The van der Waals surface area contributed by atoms with Crippen molar-refractivity contribution in [3.05, 3.63) is 29.1 Å². The van der Waals surface area contributed by atoms with E-state index >= 15 is 0 Å². The third kappa shape index (κ3) is 2.28. The molecule has 0 amide bonds. The molecule has 2 rings (SSSR count). The van der Waals surface area contributed by atoms with Crippen LogP contribution in [-0.4, -0.2) is 4.98 Å². The average Bonchev–Trinajstić information content (AvgIpc) is 2.26. The minimum absolute atomic E-state index is 0.430. The monoisotopic (exact) mass is 217 g/mol. The van der Waals surface area contributed by atoms with Crippen LogP contribution in [0.25, 0.3) is 0 Å². The van der Waals surface area contributed by atoms with Gasteiger partial charge in [0.05, 0.1) is 0 Å². The van der Waals surface area contributed by atoms with E-state index in [0.717, 1.165) is 12.3 Å². The molecule has 0 spiro atoms. The summed E-state index contributed by atoms with van der Waals surface area (Å²) in [6, 6.07) is 2.38. The van der Waals surface area contributed by atoms with Gasteiger partial charge in [-0.1, -0.05) is 33.8 Å². The van der Waals surface area contributed by atoms with Gasteiger partial charge < -0.3 is 0 Å². The molecule has 0 N–H and O–H groups in total. The Morgan fingerprint density at radius 3 is 2.75 bits per heavy atom. The number of hydrogen-bond acceptors (Lipinski definition) is 1. The highest BCUT2D eigenvalue weighted by Crippen LogP contribution is 2.36. The summed E-state index contributed by atoms with van der Waals surface area (Å²) in [5.41, 5.74) is 4.66. The van der Waals surface area contributed by atoms with E-state index in [1.54, 1.807) is 0 Å². The van der Waals surface area contributed by atoms with Crippen molar-refractivity contribution in [2.75, 3.05) is 0 Å². The molecular weight excluding hydrogens is 194 g/mol. The van der Waals surface area contributed by atoms with Crippen molar-refractivity contribution in [2.45, 2.75) is 53.4 Å². The van der Waals surface area contributed by atoms with Crippen LogP contribution in [0.15, 0.2) is 12.3 Å². The predicted octanol–water partition coefficient (Wildman–Crippen LogP) is 3.80. The van der Waals surface area contributed by atoms with Crippen molar-refractivity contribution in [1.82, 2.24) is 4.98 Å². The summed E-state index contributed by atoms with van der Waals surface area (Å²) in [4.78, 5) is 4.61. The topological polar surface area (TPSA) is 12.9 Å². The fourth-order valence-electron chi connectivity index (χ4n) is 2.60. The lowest BCUT2D eigenvalue weighted by Crippen LogP contribution is -2.27. The van der Waals surface area contributed by atoms with E-state index in [9.17, 15) is 0 Å². The number of fused-ring (bicyclic) bond motifs is 1. The van der Waals surface area contributed by atoms with E-state index < -0.39 is 0 Å². The largest absolute Gasteiger partial charge is 0.261 e. The molecule has 0 bridgehead atoms. The van der Waals surface area contributed by atoms with Gasteiger partial charge in [-0.3, -0.25) is 4.98 Å². The summed E-state index contributed by atoms with van der Waals surface area (Å²) in [6.45, 7) is 9.28. The molecule has 1 heteroatoms. The molecule has 0 saturated heterocycles. The van der Waals surface area contributed by atoms with Crippen LogP contribution in [0.3, 0.4) is 0 Å². The van der Waals surface area contributed by atoms with Gasteiger partial charge in [0.25, 0.3) is 0 Å². The second kappa shape index (κ2) is 4.20. The van der Waals surface area contributed by atoms with Gasteiger partial charge in [0.15, 0.2) is 0 Å². The molecule has 1 atom stereocenters. The molecule has 16 heavy (non-hydrogen) atoms. The first-order valence-electron chi connectivity index (χ1n) is 6.47. The summed E-state index contributed by atoms with van der Waals surface area (Å²) in [6.07, 6.45) is 6.84. The highest BCUT2D eigenvalue weighted by atomic mass is 14.7. The quantitative estimate of drug-likeness (QED) is 0.697. The number of aryl methyl sites for hydroxylation is 2. The average molecular weight is 217 g/mol. The summed E-state index contributed by atoms with van der Waals surface area (Å²) >= 11 is 0. The third-order valence-electron chi connectivity index (χ3n) is 3.95. The lowest BCUT2D eigenvalue weighted by molar-refractivity contribution is 0.215. The molecule has 1 aliphatic carbocycles. The minimum atomic E-state index is 0.430. The zero-order valence-electron chi connectivity index (χ0n) is 11.0. The van der Waals surface area contributed by atoms with Crippen LogP contribution in [0.4, 0.5) is 0 Å². The van der Waals surface area contributed by atoms with E-state index in [-0.39, 0.29) is 0 Å². The molecule has 0 aliphatic heterocycles. The maximum absolute atomic E-state index is 4.61. The molecule has 1 aromatic heterocycles. The Bertz CT molecular complexity index is 374. The maximum Gasteiger partial charge on any atom is 0.0435 e. The van der Waals surface area contributed by atoms with Gasteiger partial charge in [-0.15, -0.1) is 0 Å². The SMILES string of the molecule is CCc1cnc2c(c1)CC(C(C)(C)C)CC2. The van der Waals surface area contributed by atoms with Gasteiger partial charge in [-0.2, -0.15) is 0 Å². The van der Waals surface area contributed by atoms with E-state index in [1.807, 2.05) is 0 Å². The van der Waals surface area contributed by atoms with E-state index in [1.165, 1.54) is 36.1 Å². The number of pyridine rings is 1. The Balaban J connectivity index is 2.25. The maximum atomic E-state index is 4.61. The number of rotatable bonds is 1. The second-order valence-electron chi connectivity index (χ2n) is 6.11. The van der Waals surface area contributed by atoms with E-state index in [4.69, 9.17) is 0 Å². The highest BCUT2D eigenvalue weighted by molar-refractivity contribution is 5.28. The van der Waals surface area contributed by atoms with Gasteiger partial charge in [0, 0.05) is 11.9 Å². The molecular formula is C15H23N. The van der Waals surface area contributed by atoms with E-state index in [0.29, 0.717) is 5.41 Å². The van der Waals surface area contributed by atoms with Crippen molar-refractivity contribution in [3.8, 4) is 0 Å².